The summed E-state index contributed by atoms with van der Waals surface area (Å²) >= 11 is 0. The number of rotatable bonds is 9. The van der Waals surface area contributed by atoms with Gasteiger partial charge in [-0.1, -0.05) is 25.0 Å². The predicted molar refractivity (Wildman–Crippen MR) is 102 cm³/mol. The van der Waals surface area contributed by atoms with Crippen molar-refractivity contribution in [2.24, 2.45) is 0 Å². The van der Waals surface area contributed by atoms with Gasteiger partial charge in [-0.2, -0.15) is 0 Å². The highest BCUT2D eigenvalue weighted by atomic mass is 16.7. The summed E-state index contributed by atoms with van der Waals surface area (Å²) in [6, 6.07) is 8.07. The summed E-state index contributed by atoms with van der Waals surface area (Å²) in [5, 5.41) is 0. The molecule has 146 valence electrons. The lowest BCUT2D eigenvalue weighted by Gasteiger charge is -2.38. The molecule has 0 amide bonds. The number of methoxy groups -OCH3 is 1. The summed E-state index contributed by atoms with van der Waals surface area (Å²) in [5.41, 5.74) is 1.19. The Hall–Kier alpha value is -1.10. The monoisotopic (exact) mass is 362 g/mol. The fourth-order valence-electron chi connectivity index (χ4n) is 4.07. The lowest BCUT2D eigenvalue weighted by molar-refractivity contribution is -0.269. The van der Waals surface area contributed by atoms with Gasteiger partial charge >= 0.3 is 0 Å². The van der Waals surface area contributed by atoms with Gasteiger partial charge in [-0.05, 0) is 56.7 Å². The molecule has 2 saturated heterocycles. The molecule has 1 aromatic carbocycles. The van der Waals surface area contributed by atoms with Crippen LogP contribution >= 0.6 is 0 Å². The Balaban J connectivity index is 1.24. The molecule has 0 radical (unpaired) electrons. The van der Waals surface area contributed by atoms with Gasteiger partial charge in [0.15, 0.2) is 5.79 Å². The van der Waals surface area contributed by atoms with Crippen LogP contribution in [0.15, 0.2) is 24.3 Å². The Morgan fingerprint density at radius 1 is 1.04 bits per heavy atom. The number of hydrogen-bond acceptors (Lipinski definition) is 4. The second-order valence-corrected chi connectivity index (χ2v) is 7.76. The molecule has 1 spiro atoms. The van der Waals surface area contributed by atoms with Crippen LogP contribution in [0.2, 0.25) is 0 Å². The van der Waals surface area contributed by atoms with Crippen LogP contribution in [0.1, 0.15) is 70.3 Å². The first-order chi connectivity index (χ1) is 12.7. The maximum absolute atomic E-state index is 6.35. The summed E-state index contributed by atoms with van der Waals surface area (Å²) in [5.74, 6) is 0.641. The highest BCUT2D eigenvalue weighted by Gasteiger charge is 2.43. The van der Waals surface area contributed by atoms with Crippen molar-refractivity contribution in [3.05, 3.63) is 29.8 Å². The van der Waals surface area contributed by atoms with E-state index in [1.54, 1.807) is 7.11 Å². The Morgan fingerprint density at radius 2 is 1.88 bits per heavy atom. The highest BCUT2D eigenvalue weighted by Crippen LogP contribution is 2.41. The zero-order chi connectivity index (χ0) is 18.2. The first-order valence-corrected chi connectivity index (χ1v) is 10.3. The van der Waals surface area contributed by atoms with Gasteiger partial charge in [0.05, 0.1) is 25.9 Å². The second kappa shape index (κ2) is 9.72. The third-order valence-electron chi connectivity index (χ3n) is 5.56. The summed E-state index contributed by atoms with van der Waals surface area (Å²) in [7, 11) is 1.69. The summed E-state index contributed by atoms with van der Waals surface area (Å²) in [6.45, 7) is 3.66. The number of benzene rings is 1. The van der Waals surface area contributed by atoms with Crippen LogP contribution in [-0.2, 0) is 20.8 Å². The maximum Gasteiger partial charge on any atom is 0.169 e. The molecule has 0 N–H and O–H groups in total. The molecule has 3 atom stereocenters. The molecule has 0 aliphatic carbocycles. The van der Waals surface area contributed by atoms with E-state index in [0.717, 1.165) is 44.5 Å². The molecule has 26 heavy (non-hydrogen) atoms. The Bertz CT molecular complexity index is 525. The molecule has 4 heteroatoms. The minimum Gasteiger partial charge on any atom is -0.497 e. The van der Waals surface area contributed by atoms with Gasteiger partial charge < -0.3 is 18.9 Å². The van der Waals surface area contributed by atoms with Crippen LogP contribution < -0.4 is 4.74 Å². The molecule has 0 unspecified atom stereocenters. The van der Waals surface area contributed by atoms with Crippen LogP contribution in [0.4, 0.5) is 0 Å². The molecule has 3 rings (SSSR count). The molecule has 0 bridgehead atoms. The van der Waals surface area contributed by atoms with Gasteiger partial charge in [-0.3, -0.25) is 0 Å². The van der Waals surface area contributed by atoms with Crippen molar-refractivity contribution in [2.75, 3.05) is 13.7 Å². The lowest BCUT2D eigenvalue weighted by Crippen LogP contribution is -2.40. The van der Waals surface area contributed by atoms with E-state index >= 15 is 0 Å². The van der Waals surface area contributed by atoms with Crippen LogP contribution in [-0.4, -0.2) is 31.7 Å². The largest absolute Gasteiger partial charge is 0.497 e. The first-order valence-electron chi connectivity index (χ1n) is 10.3. The van der Waals surface area contributed by atoms with Crippen molar-refractivity contribution in [3.8, 4) is 5.75 Å². The van der Waals surface area contributed by atoms with E-state index in [-0.39, 0.29) is 5.79 Å². The molecule has 2 fully saturated rings. The van der Waals surface area contributed by atoms with E-state index in [2.05, 4.69) is 19.1 Å². The second-order valence-electron chi connectivity index (χ2n) is 7.76. The fraction of sp³-hybridized carbons (Fsp3) is 0.727. The fourth-order valence-corrected chi connectivity index (χ4v) is 4.07. The minimum absolute atomic E-state index is 0.246. The molecule has 1 aromatic rings. The van der Waals surface area contributed by atoms with E-state index in [1.165, 1.54) is 31.2 Å². The third kappa shape index (κ3) is 5.70. The summed E-state index contributed by atoms with van der Waals surface area (Å²) in [6.07, 6.45) is 11.1. The Kier molecular flexibility index (Phi) is 7.35. The van der Waals surface area contributed by atoms with Crippen LogP contribution in [0.3, 0.4) is 0 Å². The van der Waals surface area contributed by atoms with Gasteiger partial charge in [-0.25, -0.2) is 0 Å². The molecule has 2 heterocycles. The molecule has 0 saturated carbocycles. The molecule has 2 aliphatic rings. The Labute approximate surface area is 158 Å². The normalized spacial score (nSPS) is 28.5. The van der Waals surface area contributed by atoms with Crippen molar-refractivity contribution < 1.29 is 18.9 Å². The Morgan fingerprint density at radius 3 is 2.62 bits per heavy atom. The van der Waals surface area contributed by atoms with Gasteiger partial charge in [0.25, 0.3) is 0 Å². The van der Waals surface area contributed by atoms with Crippen molar-refractivity contribution in [3.63, 3.8) is 0 Å². The third-order valence-corrected chi connectivity index (χ3v) is 5.56. The van der Waals surface area contributed by atoms with E-state index in [0.29, 0.717) is 18.8 Å². The highest BCUT2D eigenvalue weighted by molar-refractivity contribution is 5.26. The van der Waals surface area contributed by atoms with E-state index in [4.69, 9.17) is 18.9 Å². The number of unbranched alkanes of at least 4 members (excludes halogenated alkanes) is 2. The molecule has 2 aliphatic heterocycles. The van der Waals surface area contributed by atoms with Crippen molar-refractivity contribution >= 4 is 0 Å². The number of hydrogen-bond donors (Lipinski definition) is 0. The van der Waals surface area contributed by atoms with Crippen molar-refractivity contribution in [1.29, 1.82) is 0 Å². The zero-order valence-corrected chi connectivity index (χ0v) is 16.4. The quantitative estimate of drug-likeness (QED) is 0.563. The minimum atomic E-state index is -0.246. The standard InChI is InChI=1S/C22H34O4/c1-18-13-15-22(25-18)14-6-8-21(26-22)7-4-3-5-16-24-17-19-9-11-20(23-2)12-10-19/h9-12,18,21H,3-8,13-17H2,1-2H3/t18-,21-,22-/m1/s1. The van der Waals surface area contributed by atoms with Crippen LogP contribution in [0.5, 0.6) is 5.75 Å². The summed E-state index contributed by atoms with van der Waals surface area (Å²) < 4.78 is 23.4. The molecular weight excluding hydrogens is 328 g/mol. The zero-order valence-electron chi connectivity index (χ0n) is 16.4. The lowest BCUT2D eigenvalue weighted by atomic mass is 9.96. The van der Waals surface area contributed by atoms with Crippen molar-refractivity contribution in [2.45, 2.75) is 89.3 Å². The molecule has 0 aromatic heterocycles. The topological polar surface area (TPSA) is 36.9 Å². The SMILES string of the molecule is COc1ccc(COCCCCC[C@@H]2CCC[C@]3(CC[C@@H](C)O3)O2)cc1. The van der Waals surface area contributed by atoms with Gasteiger partial charge in [0.1, 0.15) is 5.75 Å². The van der Waals surface area contributed by atoms with Gasteiger partial charge in [0, 0.05) is 19.4 Å². The maximum atomic E-state index is 6.35. The number of ether oxygens (including phenoxy) is 4. The van der Waals surface area contributed by atoms with Crippen LogP contribution in [0, 0.1) is 0 Å². The molecular formula is C22H34O4. The van der Waals surface area contributed by atoms with E-state index in [1.807, 2.05) is 12.1 Å². The van der Waals surface area contributed by atoms with Gasteiger partial charge in [-0.15, -0.1) is 0 Å². The van der Waals surface area contributed by atoms with E-state index in [9.17, 15) is 0 Å². The van der Waals surface area contributed by atoms with Gasteiger partial charge in [0.2, 0.25) is 0 Å². The smallest absolute Gasteiger partial charge is 0.169 e. The van der Waals surface area contributed by atoms with Crippen molar-refractivity contribution in [1.82, 2.24) is 0 Å². The van der Waals surface area contributed by atoms with E-state index < -0.39 is 0 Å². The summed E-state index contributed by atoms with van der Waals surface area (Å²) in [4.78, 5) is 0. The molecule has 4 nitrogen and oxygen atoms in total. The first kappa shape index (κ1) is 19.7. The van der Waals surface area contributed by atoms with Crippen LogP contribution in [0.25, 0.3) is 0 Å². The predicted octanol–water partition coefficient (Wildman–Crippen LogP) is 5.24. The average Bonchev–Trinajstić information content (AvgIpc) is 3.01. The average molecular weight is 363 g/mol.